The topological polar surface area (TPSA) is 3.88 Å². The lowest BCUT2D eigenvalue weighted by Gasteiger charge is -2.47. The molecule has 1 aliphatic rings. The first-order chi connectivity index (χ1) is 10.9. The van der Waals surface area contributed by atoms with Crippen molar-refractivity contribution in [2.24, 2.45) is 7.05 Å². The van der Waals surface area contributed by atoms with Crippen LogP contribution in [0, 0.1) is 6.92 Å². The number of nitrogens with zero attached hydrogens (tertiary/aromatic N) is 1. The molecule has 0 saturated carbocycles. The maximum absolute atomic E-state index is 2.46. The summed E-state index contributed by atoms with van der Waals surface area (Å²) in [6.07, 6.45) is 2.32. The summed E-state index contributed by atoms with van der Waals surface area (Å²) in [6.45, 7) is 18.8. The summed E-state index contributed by atoms with van der Waals surface area (Å²) in [4.78, 5) is 0. The number of hydrogen-bond acceptors (Lipinski definition) is 0. The SMILES string of the molecule is Cc1cccc2c1-c1c(cc(C(C)(C)C)c[n+]1C)C(C)(C)C2(C)C. The van der Waals surface area contributed by atoms with Crippen molar-refractivity contribution in [1.82, 2.24) is 0 Å². The lowest BCUT2D eigenvalue weighted by Crippen LogP contribution is -2.48. The minimum Gasteiger partial charge on any atom is -0.200 e. The van der Waals surface area contributed by atoms with Crippen molar-refractivity contribution in [3.8, 4) is 11.3 Å². The highest BCUT2D eigenvalue weighted by atomic mass is 14.9. The molecule has 1 heteroatoms. The van der Waals surface area contributed by atoms with E-state index < -0.39 is 0 Å². The van der Waals surface area contributed by atoms with E-state index in [4.69, 9.17) is 0 Å². The molecule has 2 aromatic rings. The summed E-state index contributed by atoms with van der Waals surface area (Å²) in [5.74, 6) is 0. The molecule has 0 fully saturated rings. The molecule has 0 unspecified atom stereocenters. The number of aryl methyl sites for hydroxylation is 2. The van der Waals surface area contributed by atoms with Gasteiger partial charge in [0.25, 0.3) is 0 Å². The predicted octanol–water partition coefficient (Wildman–Crippen LogP) is 5.35. The van der Waals surface area contributed by atoms with Gasteiger partial charge in [-0.2, -0.15) is 0 Å². The molecule has 0 radical (unpaired) electrons. The van der Waals surface area contributed by atoms with Gasteiger partial charge < -0.3 is 0 Å². The molecule has 0 N–H and O–H groups in total. The van der Waals surface area contributed by atoms with Crippen LogP contribution >= 0.6 is 0 Å². The smallest absolute Gasteiger partial charge is 0.200 e. The third-order valence-corrected chi connectivity index (χ3v) is 6.53. The van der Waals surface area contributed by atoms with E-state index in [1.807, 2.05) is 0 Å². The summed E-state index contributed by atoms with van der Waals surface area (Å²) in [5.41, 5.74) is 8.86. The molecule has 3 rings (SSSR count). The van der Waals surface area contributed by atoms with E-state index in [1.54, 1.807) is 0 Å². The maximum atomic E-state index is 2.46. The number of rotatable bonds is 0. The molecule has 0 bridgehead atoms. The highest BCUT2D eigenvalue weighted by molar-refractivity contribution is 5.75. The molecule has 0 amide bonds. The predicted molar refractivity (Wildman–Crippen MR) is 103 cm³/mol. The van der Waals surface area contributed by atoms with E-state index >= 15 is 0 Å². The third-order valence-electron chi connectivity index (χ3n) is 6.53. The van der Waals surface area contributed by atoms with Crippen molar-refractivity contribution < 1.29 is 4.57 Å². The van der Waals surface area contributed by atoms with Gasteiger partial charge in [-0.05, 0) is 34.9 Å². The van der Waals surface area contributed by atoms with Crippen LogP contribution in [-0.2, 0) is 23.3 Å². The first-order valence-electron chi connectivity index (χ1n) is 9.04. The Morgan fingerprint density at radius 3 is 2.08 bits per heavy atom. The Hall–Kier alpha value is -1.63. The van der Waals surface area contributed by atoms with E-state index in [1.165, 1.54) is 33.5 Å². The molecule has 0 aliphatic heterocycles. The van der Waals surface area contributed by atoms with Gasteiger partial charge in [-0.1, -0.05) is 66.7 Å². The second-order valence-electron chi connectivity index (χ2n) is 9.60. The lowest BCUT2D eigenvalue weighted by molar-refractivity contribution is -0.661. The van der Waals surface area contributed by atoms with Gasteiger partial charge in [0.15, 0.2) is 6.20 Å². The van der Waals surface area contributed by atoms with Crippen molar-refractivity contribution in [2.75, 3.05) is 0 Å². The van der Waals surface area contributed by atoms with Crippen molar-refractivity contribution >= 4 is 0 Å². The summed E-state index contributed by atoms with van der Waals surface area (Å²) in [7, 11) is 2.21. The molecule has 1 aromatic carbocycles. The Balaban J connectivity index is 2.48. The number of fused-ring (bicyclic) bond motifs is 3. The van der Waals surface area contributed by atoms with E-state index in [9.17, 15) is 0 Å². The van der Waals surface area contributed by atoms with E-state index in [0.29, 0.717) is 0 Å². The highest BCUT2D eigenvalue weighted by Gasteiger charge is 2.49. The monoisotopic (exact) mass is 322 g/mol. The van der Waals surface area contributed by atoms with Crippen LogP contribution in [0.4, 0.5) is 0 Å². The maximum Gasteiger partial charge on any atom is 0.216 e. The van der Waals surface area contributed by atoms with Crippen molar-refractivity contribution in [3.63, 3.8) is 0 Å². The quantitative estimate of drug-likeness (QED) is 0.575. The van der Waals surface area contributed by atoms with Gasteiger partial charge >= 0.3 is 0 Å². The minimum atomic E-state index is 0.0716. The zero-order valence-electron chi connectivity index (χ0n) is 16.8. The Morgan fingerprint density at radius 1 is 0.917 bits per heavy atom. The van der Waals surface area contributed by atoms with Crippen LogP contribution in [-0.4, -0.2) is 0 Å². The highest BCUT2D eigenvalue weighted by Crippen LogP contribution is 2.53. The molecular formula is C23H32N+. The Morgan fingerprint density at radius 2 is 1.50 bits per heavy atom. The Bertz CT molecular complexity index is 817. The summed E-state index contributed by atoms with van der Waals surface area (Å²) >= 11 is 0. The van der Waals surface area contributed by atoms with Crippen molar-refractivity contribution in [3.05, 3.63) is 52.7 Å². The standard InChI is InChI=1S/C23H32N/c1-15-11-10-12-17-19(15)20-18(23(7,8)22(17,5)6)13-16(14-24(20)9)21(2,3)4/h10-14H,1-9H3/q+1. The molecule has 1 nitrogen and oxygen atoms in total. The van der Waals surface area contributed by atoms with Gasteiger partial charge in [-0.15, -0.1) is 0 Å². The number of aromatic nitrogens is 1. The fraction of sp³-hybridized carbons (Fsp3) is 0.522. The zero-order valence-corrected chi connectivity index (χ0v) is 16.8. The van der Waals surface area contributed by atoms with E-state index in [2.05, 4.69) is 97.5 Å². The number of hydrogen-bond donors (Lipinski definition) is 0. The lowest BCUT2D eigenvalue weighted by atomic mass is 9.55. The average Bonchev–Trinajstić information content (AvgIpc) is 2.44. The van der Waals surface area contributed by atoms with Gasteiger partial charge in [0.1, 0.15) is 7.05 Å². The molecule has 128 valence electrons. The Kier molecular flexibility index (Phi) is 3.54. The summed E-state index contributed by atoms with van der Waals surface area (Å²) in [5, 5.41) is 0. The van der Waals surface area contributed by atoms with Crippen LogP contribution in [0.15, 0.2) is 30.5 Å². The van der Waals surface area contributed by atoms with Gasteiger partial charge in [0.05, 0.1) is 5.56 Å². The van der Waals surface area contributed by atoms with Crippen LogP contribution in [0.25, 0.3) is 11.3 Å². The van der Waals surface area contributed by atoms with Gasteiger partial charge in [-0.25, -0.2) is 4.57 Å². The molecular weight excluding hydrogens is 290 g/mol. The van der Waals surface area contributed by atoms with Crippen LogP contribution in [0.5, 0.6) is 0 Å². The first kappa shape index (κ1) is 17.2. The molecule has 0 atom stereocenters. The number of pyridine rings is 1. The molecule has 1 aromatic heterocycles. The first-order valence-corrected chi connectivity index (χ1v) is 9.04. The second kappa shape index (κ2) is 4.94. The third kappa shape index (κ3) is 2.17. The molecule has 1 aliphatic carbocycles. The van der Waals surface area contributed by atoms with Crippen LogP contribution in [0.3, 0.4) is 0 Å². The van der Waals surface area contributed by atoms with Crippen LogP contribution in [0.2, 0.25) is 0 Å². The Labute approximate surface area is 147 Å². The fourth-order valence-corrected chi connectivity index (χ4v) is 4.10. The van der Waals surface area contributed by atoms with E-state index in [0.717, 1.165) is 0 Å². The van der Waals surface area contributed by atoms with Gasteiger partial charge in [0.2, 0.25) is 5.69 Å². The fourth-order valence-electron chi connectivity index (χ4n) is 4.10. The molecule has 0 spiro atoms. The normalized spacial score (nSPS) is 18.0. The van der Waals surface area contributed by atoms with Crippen LogP contribution in [0.1, 0.15) is 70.7 Å². The number of benzene rings is 1. The van der Waals surface area contributed by atoms with Crippen molar-refractivity contribution in [1.29, 1.82) is 0 Å². The van der Waals surface area contributed by atoms with Gasteiger partial charge in [0, 0.05) is 16.5 Å². The largest absolute Gasteiger partial charge is 0.216 e. The second-order valence-corrected chi connectivity index (χ2v) is 9.60. The van der Waals surface area contributed by atoms with E-state index in [-0.39, 0.29) is 16.2 Å². The summed E-state index contributed by atoms with van der Waals surface area (Å²) < 4.78 is 2.36. The minimum absolute atomic E-state index is 0.0716. The molecule has 1 heterocycles. The molecule has 0 saturated heterocycles. The van der Waals surface area contributed by atoms with Crippen LogP contribution < -0.4 is 4.57 Å². The average molecular weight is 323 g/mol. The zero-order chi connectivity index (χ0) is 18.1. The summed E-state index contributed by atoms with van der Waals surface area (Å²) in [6, 6.07) is 9.24. The molecule has 24 heavy (non-hydrogen) atoms. The van der Waals surface area contributed by atoms with Crippen molar-refractivity contribution in [2.45, 2.75) is 71.6 Å². The van der Waals surface area contributed by atoms with Gasteiger partial charge in [-0.3, -0.25) is 0 Å².